The zero-order valence-electron chi connectivity index (χ0n) is 15.4. The Labute approximate surface area is 165 Å². The van der Waals surface area contributed by atoms with Gasteiger partial charge in [-0.15, -0.1) is 11.3 Å². The molecule has 3 aromatic rings. The molecule has 0 aliphatic carbocycles. The Morgan fingerprint density at radius 1 is 1.32 bits per heavy atom. The van der Waals surface area contributed by atoms with Gasteiger partial charge in [-0.05, 0) is 32.0 Å². The summed E-state index contributed by atoms with van der Waals surface area (Å²) in [4.78, 5) is 38.7. The first-order valence-electron chi connectivity index (χ1n) is 8.88. The average molecular weight is 397 g/mol. The van der Waals surface area contributed by atoms with E-state index in [1.54, 1.807) is 6.92 Å². The number of amides is 4. The Balaban J connectivity index is 1.52. The summed E-state index contributed by atoms with van der Waals surface area (Å²) >= 11 is 1.36. The Morgan fingerprint density at radius 2 is 2.07 bits per heavy atom. The van der Waals surface area contributed by atoms with Crippen molar-refractivity contribution >= 4 is 39.4 Å². The number of para-hydroxylation sites is 1. The third-order valence-electron chi connectivity index (χ3n) is 4.65. The number of hydrogen-bond acceptors (Lipinski definition) is 5. The predicted molar refractivity (Wildman–Crippen MR) is 106 cm³/mol. The minimum absolute atomic E-state index is 0.00268. The molecule has 0 saturated carbocycles. The molecule has 0 radical (unpaired) electrons. The van der Waals surface area contributed by atoms with Gasteiger partial charge in [0.1, 0.15) is 4.83 Å². The van der Waals surface area contributed by atoms with Crippen LogP contribution in [-0.4, -0.2) is 51.7 Å². The van der Waals surface area contributed by atoms with Crippen LogP contribution in [0, 0.1) is 6.92 Å². The lowest BCUT2D eigenvalue weighted by atomic mass is 10.2. The van der Waals surface area contributed by atoms with E-state index in [1.165, 1.54) is 11.3 Å². The first-order chi connectivity index (χ1) is 13.5. The van der Waals surface area contributed by atoms with Crippen LogP contribution in [-0.2, 0) is 4.79 Å². The number of hydrogen-bond donors (Lipinski definition) is 2. The summed E-state index contributed by atoms with van der Waals surface area (Å²) in [6, 6.07) is 10.7. The summed E-state index contributed by atoms with van der Waals surface area (Å²) in [5.74, 6) is -0.522. The number of rotatable bonds is 5. The molecule has 144 valence electrons. The minimum atomic E-state index is -0.424. The maximum absolute atomic E-state index is 12.6. The Kier molecular flexibility index (Phi) is 4.60. The first kappa shape index (κ1) is 18.2. The molecule has 1 fully saturated rings. The lowest BCUT2D eigenvalue weighted by Gasteiger charge is -2.21. The fourth-order valence-electron chi connectivity index (χ4n) is 3.20. The van der Waals surface area contributed by atoms with Gasteiger partial charge in [0.2, 0.25) is 5.91 Å². The van der Waals surface area contributed by atoms with Crippen LogP contribution in [0.25, 0.3) is 15.9 Å². The van der Waals surface area contributed by atoms with Crippen molar-refractivity contribution in [3.8, 4) is 5.69 Å². The SMILES string of the molecule is Cc1nn(-c2ccccc2)c2sc(C(=O)NC[C@H](C)N3C(=O)CNC3=O)cc12. The summed E-state index contributed by atoms with van der Waals surface area (Å²) in [7, 11) is 0. The maximum Gasteiger partial charge on any atom is 0.324 e. The number of carbonyl (C=O) groups is 3. The molecule has 0 spiro atoms. The van der Waals surface area contributed by atoms with Gasteiger partial charge in [-0.2, -0.15) is 5.10 Å². The van der Waals surface area contributed by atoms with Crippen LogP contribution in [0.1, 0.15) is 22.3 Å². The van der Waals surface area contributed by atoms with Gasteiger partial charge in [-0.1, -0.05) is 18.2 Å². The van der Waals surface area contributed by atoms with Crippen molar-refractivity contribution < 1.29 is 14.4 Å². The topological polar surface area (TPSA) is 96.3 Å². The molecular formula is C19H19N5O3S. The normalized spacial score (nSPS) is 15.1. The van der Waals surface area contributed by atoms with E-state index in [0.29, 0.717) is 4.88 Å². The van der Waals surface area contributed by atoms with Crippen molar-refractivity contribution in [2.24, 2.45) is 0 Å². The van der Waals surface area contributed by atoms with Crippen LogP contribution in [0.4, 0.5) is 4.79 Å². The van der Waals surface area contributed by atoms with Gasteiger partial charge in [0.15, 0.2) is 0 Å². The minimum Gasteiger partial charge on any atom is -0.349 e. The second-order valence-corrected chi connectivity index (χ2v) is 7.67. The fourth-order valence-corrected chi connectivity index (χ4v) is 4.30. The van der Waals surface area contributed by atoms with Gasteiger partial charge in [0.05, 0.1) is 28.8 Å². The molecule has 4 amide bonds. The Morgan fingerprint density at radius 3 is 2.75 bits per heavy atom. The highest BCUT2D eigenvalue weighted by atomic mass is 32.1. The highest BCUT2D eigenvalue weighted by Gasteiger charge is 2.32. The van der Waals surface area contributed by atoms with Gasteiger partial charge < -0.3 is 10.6 Å². The van der Waals surface area contributed by atoms with E-state index in [1.807, 2.05) is 48.0 Å². The molecule has 1 aliphatic rings. The number of nitrogens with one attached hydrogen (secondary N) is 2. The molecule has 1 aromatic carbocycles. The van der Waals surface area contributed by atoms with E-state index in [-0.39, 0.29) is 24.9 Å². The summed E-state index contributed by atoms with van der Waals surface area (Å²) in [6.45, 7) is 3.83. The number of carbonyl (C=O) groups excluding carboxylic acids is 3. The molecule has 2 N–H and O–H groups in total. The number of imide groups is 1. The van der Waals surface area contributed by atoms with Crippen LogP contribution in [0.2, 0.25) is 0 Å². The van der Waals surface area contributed by atoms with Crippen molar-refractivity contribution in [2.75, 3.05) is 13.1 Å². The quantitative estimate of drug-likeness (QED) is 0.644. The van der Waals surface area contributed by atoms with E-state index in [4.69, 9.17) is 0 Å². The predicted octanol–water partition coefficient (Wildman–Crippen LogP) is 2.07. The van der Waals surface area contributed by atoms with Crippen LogP contribution in [0.5, 0.6) is 0 Å². The van der Waals surface area contributed by atoms with Crippen LogP contribution >= 0.6 is 11.3 Å². The number of benzene rings is 1. The third-order valence-corrected chi connectivity index (χ3v) is 5.76. The number of nitrogens with zero attached hydrogens (tertiary/aromatic N) is 3. The molecule has 3 heterocycles. The molecule has 1 atom stereocenters. The molecule has 4 rings (SSSR count). The van der Waals surface area contributed by atoms with E-state index in [0.717, 1.165) is 26.5 Å². The molecule has 9 heteroatoms. The summed E-state index contributed by atoms with van der Waals surface area (Å²) in [5, 5.41) is 10.8. The van der Waals surface area contributed by atoms with Crippen molar-refractivity contribution in [3.63, 3.8) is 0 Å². The maximum atomic E-state index is 12.6. The van der Waals surface area contributed by atoms with Gasteiger partial charge in [0.25, 0.3) is 5.91 Å². The van der Waals surface area contributed by atoms with E-state index in [9.17, 15) is 14.4 Å². The molecule has 0 bridgehead atoms. The summed E-state index contributed by atoms with van der Waals surface area (Å²) in [5.41, 5.74) is 1.78. The molecule has 2 aromatic heterocycles. The average Bonchev–Trinajstić information content (AvgIpc) is 3.35. The second kappa shape index (κ2) is 7.08. The van der Waals surface area contributed by atoms with E-state index < -0.39 is 12.1 Å². The van der Waals surface area contributed by atoms with Crippen LogP contribution in [0.15, 0.2) is 36.4 Å². The molecule has 28 heavy (non-hydrogen) atoms. The lowest BCUT2D eigenvalue weighted by molar-refractivity contribution is -0.126. The van der Waals surface area contributed by atoms with Crippen LogP contribution in [0.3, 0.4) is 0 Å². The molecule has 8 nitrogen and oxygen atoms in total. The Hall–Kier alpha value is -3.20. The van der Waals surface area contributed by atoms with Crippen molar-refractivity contribution in [1.29, 1.82) is 0 Å². The third kappa shape index (κ3) is 3.13. The van der Waals surface area contributed by atoms with Crippen molar-refractivity contribution in [3.05, 3.63) is 47.0 Å². The molecule has 1 aliphatic heterocycles. The summed E-state index contributed by atoms with van der Waals surface area (Å²) in [6.07, 6.45) is 0. The van der Waals surface area contributed by atoms with Gasteiger partial charge in [-0.25, -0.2) is 9.48 Å². The van der Waals surface area contributed by atoms with Crippen molar-refractivity contribution in [1.82, 2.24) is 25.3 Å². The van der Waals surface area contributed by atoms with Gasteiger partial charge in [-0.3, -0.25) is 14.5 Å². The van der Waals surface area contributed by atoms with Gasteiger partial charge in [0, 0.05) is 11.9 Å². The van der Waals surface area contributed by atoms with Crippen molar-refractivity contribution in [2.45, 2.75) is 19.9 Å². The standard InChI is InChI=1S/C19H19N5O3S/c1-11(23-16(25)10-21-19(23)27)9-20-17(26)15-8-14-12(2)22-24(18(14)28-15)13-6-4-3-5-7-13/h3-8,11H,9-10H2,1-2H3,(H,20,26)(H,21,27)/t11-/m0/s1. The zero-order valence-corrected chi connectivity index (χ0v) is 16.2. The number of aromatic nitrogens is 2. The van der Waals surface area contributed by atoms with Gasteiger partial charge >= 0.3 is 6.03 Å². The second-order valence-electron chi connectivity index (χ2n) is 6.64. The van der Waals surface area contributed by atoms with E-state index in [2.05, 4.69) is 15.7 Å². The Bertz CT molecular complexity index is 1060. The lowest BCUT2D eigenvalue weighted by Crippen LogP contribution is -2.45. The zero-order chi connectivity index (χ0) is 19.8. The number of urea groups is 1. The van der Waals surface area contributed by atoms with Crippen LogP contribution < -0.4 is 10.6 Å². The highest BCUT2D eigenvalue weighted by molar-refractivity contribution is 7.20. The summed E-state index contributed by atoms with van der Waals surface area (Å²) < 4.78 is 1.84. The number of fused-ring (bicyclic) bond motifs is 1. The smallest absolute Gasteiger partial charge is 0.324 e. The highest BCUT2D eigenvalue weighted by Crippen LogP contribution is 2.30. The fraction of sp³-hybridized carbons (Fsp3) is 0.263. The molecule has 0 unspecified atom stereocenters. The largest absolute Gasteiger partial charge is 0.349 e. The monoisotopic (exact) mass is 397 g/mol. The van der Waals surface area contributed by atoms with E-state index >= 15 is 0 Å². The number of aryl methyl sites for hydroxylation is 1. The number of thiophene rings is 1. The molecule has 1 saturated heterocycles. The first-order valence-corrected chi connectivity index (χ1v) is 9.70. The molecular weight excluding hydrogens is 378 g/mol.